The predicted molar refractivity (Wildman–Crippen MR) is 117 cm³/mol. The van der Waals surface area contributed by atoms with E-state index in [0.717, 1.165) is 44.0 Å². The third kappa shape index (κ3) is 7.38. The Labute approximate surface area is 188 Å². The van der Waals surface area contributed by atoms with Crippen LogP contribution in [0.5, 0.6) is 0 Å². The van der Waals surface area contributed by atoms with Gasteiger partial charge in [0.1, 0.15) is 29.9 Å². The summed E-state index contributed by atoms with van der Waals surface area (Å²) >= 11 is 1.10. The van der Waals surface area contributed by atoms with Crippen LogP contribution in [0.3, 0.4) is 0 Å². The molecule has 2 saturated heterocycles. The molecule has 0 saturated carbocycles. The van der Waals surface area contributed by atoms with Crippen LogP contribution in [0.15, 0.2) is 0 Å². The van der Waals surface area contributed by atoms with Gasteiger partial charge in [0.05, 0.1) is 12.1 Å². The second-order valence-electron chi connectivity index (χ2n) is 8.71. The first-order valence-corrected chi connectivity index (χ1v) is 13.6. The summed E-state index contributed by atoms with van der Waals surface area (Å²) in [6.07, 6.45) is 0.0934. The molecule has 2 aliphatic rings. The zero-order valence-corrected chi connectivity index (χ0v) is 20.2. The van der Waals surface area contributed by atoms with Crippen molar-refractivity contribution in [3.63, 3.8) is 0 Å². The SMILES string of the molecule is CCC[C@@H]1CCN[C@H](C(=O)N[C@H](C(C)C)[C@H]2O[C@H](SC)[C@H](OP(=O)(O)O)[C@@H](O)[C@H]2O)C1. The van der Waals surface area contributed by atoms with Crippen molar-refractivity contribution in [1.29, 1.82) is 0 Å². The highest BCUT2D eigenvalue weighted by molar-refractivity contribution is 7.99. The number of nitrogens with one attached hydrogen (secondary N) is 2. The number of piperidine rings is 1. The van der Waals surface area contributed by atoms with Gasteiger partial charge < -0.3 is 35.4 Å². The molecule has 8 atom stereocenters. The average molecular weight is 485 g/mol. The fourth-order valence-corrected chi connectivity index (χ4v) is 5.74. The van der Waals surface area contributed by atoms with E-state index in [1.165, 1.54) is 0 Å². The van der Waals surface area contributed by atoms with E-state index in [2.05, 4.69) is 22.1 Å². The van der Waals surface area contributed by atoms with Crippen molar-refractivity contribution in [3.8, 4) is 0 Å². The Kier molecular flexibility index (Phi) is 10.3. The van der Waals surface area contributed by atoms with E-state index in [-0.39, 0.29) is 17.9 Å². The summed E-state index contributed by atoms with van der Waals surface area (Å²) in [5.41, 5.74) is -0.934. The monoisotopic (exact) mass is 484 g/mol. The predicted octanol–water partition coefficient (Wildman–Crippen LogP) is 0.583. The zero-order valence-electron chi connectivity index (χ0n) is 18.5. The highest BCUT2D eigenvalue weighted by Crippen LogP contribution is 2.43. The van der Waals surface area contributed by atoms with Gasteiger partial charge in [-0.25, -0.2) is 4.57 Å². The maximum atomic E-state index is 13.0. The highest BCUT2D eigenvalue weighted by Gasteiger charge is 2.50. The number of thioether (sulfide) groups is 1. The van der Waals surface area contributed by atoms with Crippen LogP contribution in [0.25, 0.3) is 0 Å². The van der Waals surface area contributed by atoms with Gasteiger partial charge >= 0.3 is 7.82 Å². The van der Waals surface area contributed by atoms with Crippen LogP contribution in [-0.4, -0.2) is 80.6 Å². The Bertz CT molecular complexity index is 632. The van der Waals surface area contributed by atoms with E-state index in [4.69, 9.17) is 14.5 Å². The summed E-state index contributed by atoms with van der Waals surface area (Å²) < 4.78 is 21.9. The standard InChI is InChI=1S/C19H37N2O8PS/c1-5-6-11-7-8-20-12(9-11)18(24)21-13(10(2)3)16-14(22)15(23)17(19(28-16)31-4)29-30(25,26)27/h10-17,19-20,22-23H,5-9H2,1-4H3,(H,21,24)(H2,25,26,27)/t11-,12+,13-,14-,15+,16-,17-,19-/m1/s1. The molecular formula is C19H37N2O8PS. The molecule has 0 aromatic heterocycles. The maximum absolute atomic E-state index is 13.0. The summed E-state index contributed by atoms with van der Waals surface area (Å²) in [6.45, 7) is 6.64. The lowest BCUT2D eigenvalue weighted by Gasteiger charge is -2.45. The third-order valence-corrected chi connectivity index (χ3v) is 7.34. The van der Waals surface area contributed by atoms with E-state index in [1.807, 2.05) is 13.8 Å². The molecule has 2 fully saturated rings. The first-order valence-electron chi connectivity index (χ1n) is 10.8. The van der Waals surface area contributed by atoms with Gasteiger partial charge in [-0.15, -0.1) is 11.8 Å². The van der Waals surface area contributed by atoms with Crippen LogP contribution in [0.2, 0.25) is 0 Å². The van der Waals surface area contributed by atoms with E-state index >= 15 is 0 Å². The molecule has 12 heteroatoms. The molecule has 0 unspecified atom stereocenters. The molecule has 0 bridgehead atoms. The molecule has 0 aromatic carbocycles. The van der Waals surface area contributed by atoms with Crippen molar-refractivity contribution in [3.05, 3.63) is 0 Å². The molecule has 31 heavy (non-hydrogen) atoms. The molecule has 6 N–H and O–H groups in total. The first kappa shape index (κ1) is 27.0. The van der Waals surface area contributed by atoms with Gasteiger partial charge in [-0.2, -0.15) is 0 Å². The number of aliphatic hydroxyl groups excluding tert-OH is 2. The number of hydrogen-bond donors (Lipinski definition) is 6. The molecule has 2 rings (SSSR count). The van der Waals surface area contributed by atoms with Crippen molar-refractivity contribution >= 4 is 25.5 Å². The van der Waals surface area contributed by atoms with E-state index in [0.29, 0.717) is 5.92 Å². The summed E-state index contributed by atoms with van der Waals surface area (Å²) in [5, 5.41) is 27.5. The molecule has 0 radical (unpaired) electrons. The maximum Gasteiger partial charge on any atom is 0.470 e. The van der Waals surface area contributed by atoms with E-state index in [1.54, 1.807) is 6.26 Å². The van der Waals surface area contributed by atoms with Crippen molar-refractivity contribution < 1.29 is 38.6 Å². The molecule has 2 heterocycles. The fourth-order valence-electron chi connectivity index (χ4n) is 4.38. The molecule has 2 aliphatic heterocycles. The van der Waals surface area contributed by atoms with Gasteiger partial charge in [-0.1, -0.05) is 33.6 Å². The topological polar surface area (TPSA) is 158 Å². The van der Waals surface area contributed by atoms with Crippen LogP contribution in [0.4, 0.5) is 0 Å². The quantitative estimate of drug-likeness (QED) is 0.256. The number of amides is 1. The number of rotatable bonds is 9. The smallest absolute Gasteiger partial charge is 0.388 e. The Morgan fingerprint density at radius 1 is 1.32 bits per heavy atom. The van der Waals surface area contributed by atoms with Gasteiger partial charge in [-0.05, 0) is 37.5 Å². The van der Waals surface area contributed by atoms with Gasteiger partial charge in [0, 0.05) is 0 Å². The largest absolute Gasteiger partial charge is 0.470 e. The Morgan fingerprint density at radius 2 is 2.00 bits per heavy atom. The van der Waals surface area contributed by atoms with Gasteiger partial charge in [0.2, 0.25) is 5.91 Å². The van der Waals surface area contributed by atoms with Crippen molar-refractivity contribution in [2.45, 2.75) is 88.4 Å². The Morgan fingerprint density at radius 3 is 2.55 bits per heavy atom. The minimum absolute atomic E-state index is 0.132. The summed E-state index contributed by atoms with van der Waals surface area (Å²) in [4.78, 5) is 31.3. The normalized spacial score (nSPS) is 35.7. The lowest BCUT2D eigenvalue weighted by atomic mass is 9.86. The molecule has 0 aromatic rings. The Balaban J connectivity index is 2.13. The van der Waals surface area contributed by atoms with Crippen LogP contribution in [-0.2, 0) is 18.6 Å². The average Bonchev–Trinajstić information content (AvgIpc) is 2.69. The zero-order chi connectivity index (χ0) is 23.3. The first-order chi connectivity index (χ1) is 14.5. The van der Waals surface area contributed by atoms with Gasteiger partial charge in [0.15, 0.2) is 0 Å². The fraction of sp³-hybridized carbons (Fsp3) is 0.947. The number of phosphoric ester groups is 1. The van der Waals surface area contributed by atoms with Crippen molar-refractivity contribution in [1.82, 2.24) is 10.6 Å². The van der Waals surface area contributed by atoms with Gasteiger partial charge in [-0.3, -0.25) is 9.32 Å². The number of carbonyl (C=O) groups excluding carboxylic acids is 1. The molecule has 1 amide bonds. The molecule has 10 nitrogen and oxygen atoms in total. The molecule has 0 aliphatic carbocycles. The van der Waals surface area contributed by atoms with Crippen molar-refractivity contribution in [2.24, 2.45) is 11.8 Å². The molecular weight excluding hydrogens is 447 g/mol. The van der Waals surface area contributed by atoms with Crippen molar-refractivity contribution in [2.75, 3.05) is 12.8 Å². The van der Waals surface area contributed by atoms with E-state index in [9.17, 15) is 19.6 Å². The molecule has 182 valence electrons. The summed E-state index contributed by atoms with van der Waals surface area (Å²) in [7, 11) is -4.91. The minimum atomic E-state index is -4.91. The lowest BCUT2D eigenvalue weighted by molar-refractivity contribution is -0.204. The number of aliphatic hydroxyl groups is 2. The third-order valence-electron chi connectivity index (χ3n) is 5.98. The second kappa shape index (κ2) is 11.8. The van der Waals surface area contributed by atoms with Crippen LogP contribution >= 0.6 is 19.6 Å². The number of ether oxygens (including phenoxy) is 1. The number of phosphoric acid groups is 1. The van der Waals surface area contributed by atoms with Gasteiger partial charge in [0.25, 0.3) is 0 Å². The summed E-state index contributed by atoms with van der Waals surface area (Å²) in [6, 6.07) is -0.949. The van der Waals surface area contributed by atoms with Crippen LogP contribution in [0.1, 0.15) is 46.5 Å². The number of carbonyl (C=O) groups is 1. The van der Waals surface area contributed by atoms with Crippen LogP contribution < -0.4 is 10.6 Å². The second-order valence-corrected chi connectivity index (χ2v) is 10.8. The lowest BCUT2D eigenvalue weighted by Crippen LogP contribution is -2.65. The molecule has 0 spiro atoms. The minimum Gasteiger partial charge on any atom is -0.388 e. The number of hydrogen-bond acceptors (Lipinski definition) is 8. The Hall–Kier alpha value is -0.230. The summed E-state index contributed by atoms with van der Waals surface area (Å²) in [5.74, 6) is 0.177. The highest BCUT2D eigenvalue weighted by atomic mass is 32.2. The van der Waals surface area contributed by atoms with E-state index < -0.39 is 43.7 Å². The van der Waals surface area contributed by atoms with Crippen LogP contribution in [0, 0.1) is 11.8 Å².